The summed E-state index contributed by atoms with van der Waals surface area (Å²) < 4.78 is 2.12. The summed E-state index contributed by atoms with van der Waals surface area (Å²) in [5.74, 6) is 0. The molecule has 2 heteroatoms. The number of aromatic nitrogens is 1. The Hall–Kier alpha value is -2.22. The van der Waals surface area contributed by atoms with Crippen LogP contribution in [0.15, 0.2) is 44.1 Å². The van der Waals surface area contributed by atoms with E-state index < -0.39 is 0 Å². The molecule has 0 saturated carbocycles. The molecule has 1 aromatic carbocycles. The summed E-state index contributed by atoms with van der Waals surface area (Å²) in [4.78, 5) is 0. The van der Waals surface area contributed by atoms with Crippen molar-refractivity contribution in [1.82, 2.24) is 9.88 Å². The number of nitrogens with one attached hydrogen (secondary N) is 1. The lowest BCUT2D eigenvalue weighted by Gasteiger charge is -2.10. The van der Waals surface area contributed by atoms with Crippen molar-refractivity contribution in [2.45, 2.75) is 6.92 Å². The molecule has 2 nitrogen and oxygen atoms in total. The third-order valence-corrected chi connectivity index (χ3v) is 3.55. The Morgan fingerprint density at radius 2 is 1.95 bits per heavy atom. The molecule has 2 rings (SSSR count). The van der Waals surface area contributed by atoms with E-state index in [4.69, 9.17) is 0 Å². The highest BCUT2D eigenvalue weighted by atomic mass is 14.9. The molecule has 0 bridgehead atoms. The van der Waals surface area contributed by atoms with Crippen LogP contribution in [0.25, 0.3) is 22.2 Å². The molecule has 19 heavy (non-hydrogen) atoms. The van der Waals surface area contributed by atoms with Gasteiger partial charge in [0, 0.05) is 48.0 Å². The van der Waals surface area contributed by atoms with Crippen molar-refractivity contribution in [2.75, 3.05) is 7.05 Å². The first-order valence-electron chi connectivity index (χ1n) is 6.28. The molecule has 0 saturated heterocycles. The van der Waals surface area contributed by atoms with Crippen LogP contribution in [0.2, 0.25) is 0 Å². The Balaban J connectivity index is 2.78. The van der Waals surface area contributed by atoms with Crippen molar-refractivity contribution in [2.24, 2.45) is 7.05 Å². The SMILES string of the molecule is C=CC(=C)c1cn(C)c2cc(C)c(C(=C)NC)cc12. The molecule has 0 aliphatic carbocycles. The molecule has 0 unspecified atom stereocenters. The van der Waals surface area contributed by atoms with Crippen LogP contribution in [0.5, 0.6) is 0 Å². The van der Waals surface area contributed by atoms with E-state index in [9.17, 15) is 0 Å². The molecule has 0 spiro atoms. The van der Waals surface area contributed by atoms with Crippen LogP contribution in [0.4, 0.5) is 0 Å². The van der Waals surface area contributed by atoms with E-state index in [2.05, 4.69) is 54.9 Å². The van der Waals surface area contributed by atoms with Gasteiger partial charge in [0.2, 0.25) is 0 Å². The Kier molecular flexibility index (Phi) is 3.34. The second-order valence-corrected chi connectivity index (χ2v) is 4.80. The van der Waals surface area contributed by atoms with Crippen molar-refractivity contribution >= 4 is 22.2 Å². The minimum absolute atomic E-state index is 0.929. The lowest BCUT2D eigenvalue weighted by atomic mass is 9.99. The molecule has 0 aliphatic heterocycles. The monoisotopic (exact) mass is 252 g/mol. The molecule has 1 heterocycles. The fourth-order valence-corrected chi connectivity index (χ4v) is 2.36. The van der Waals surface area contributed by atoms with Gasteiger partial charge >= 0.3 is 0 Å². The average Bonchev–Trinajstić information content (AvgIpc) is 2.73. The van der Waals surface area contributed by atoms with Crippen LogP contribution in [0.1, 0.15) is 16.7 Å². The highest BCUT2D eigenvalue weighted by molar-refractivity contribution is 5.97. The van der Waals surface area contributed by atoms with Crippen molar-refractivity contribution in [1.29, 1.82) is 0 Å². The third kappa shape index (κ3) is 2.10. The van der Waals surface area contributed by atoms with Gasteiger partial charge in [0.1, 0.15) is 0 Å². The molecule has 2 aromatic rings. The van der Waals surface area contributed by atoms with E-state index in [0.29, 0.717) is 0 Å². The van der Waals surface area contributed by atoms with Gasteiger partial charge in [-0.05, 0) is 30.2 Å². The van der Waals surface area contributed by atoms with Crippen molar-refractivity contribution < 1.29 is 0 Å². The lowest BCUT2D eigenvalue weighted by Crippen LogP contribution is -2.04. The first-order chi connectivity index (χ1) is 8.99. The number of aryl methyl sites for hydroxylation is 2. The van der Waals surface area contributed by atoms with Gasteiger partial charge in [-0.15, -0.1) is 0 Å². The van der Waals surface area contributed by atoms with Gasteiger partial charge in [0.15, 0.2) is 0 Å². The highest BCUT2D eigenvalue weighted by Crippen LogP contribution is 2.30. The van der Waals surface area contributed by atoms with E-state index in [-0.39, 0.29) is 0 Å². The van der Waals surface area contributed by atoms with E-state index in [0.717, 1.165) is 22.4 Å². The van der Waals surface area contributed by atoms with Crippen molar-refractivity contribution in [3.8, 4) is 0 Å². The average molecular weight is 252 g/mol. The summed E-state index contributed by atoms with van der Waals surface area (Å²) in [6, 6.07) is 4.36. The number of allylic oxidation sites excluding steroid dienone is 2. The smallest absolute Gasteiger partial charge is 0.0487 e. The van der Waals surface area contributed by atoms with Crippen LogP contribution < -0.4 is 5.32 Å². The summed E-state index contributed by atoms with van der Waals surface area (Å²) in [7, 11) is 3.94. The van der Waals surface area contributed by atoms with Gasteiger partial charge < -0.3 is 9.88 Å². The number of hydrogen-bond acceptors (Lipinski definition) is 1. The predicted molar refractivity (Wildman–Crippen MR) is 85.0 cm³/mol. The summed E-state index contributed by atoms with van der Waals surface area (Å²) in [6.07, 6.45) is 3.89. The summed E-state index contributed by atoms with van der Waals surface area (Å²) in [5, 5.41) is 4.30. The molecule has 1 N–H and O–H groups in total. The molecule has 0 radical (unpaired) electrons. The molecule has 0 amide bonds. The van der Waals surface area contributed by atoms with Crippen LogP contribution in [0, 0.1) is 6.92 Å². The topological polar surface area (TPSA) is 17.0 Å². The van der Waals surface area contributed by atoms with Gasteiger partial charge in [0.05, 0.1) is 0 Å². The van der Waals surface area contributed by atoms with Crippen LogP contribution in [0.3, 0.4) is 0 Å². The minimum Gasteiger partial charge on any atom is -0.388 e. The molecule has 1 aromatic heterocycles. The van der Waals surface area contributed by atoms with E-state index in [1.807, 2.05) is 14.1 Å². The van der Waals surface area contributed by atoms with Gasteiger partial charge in [0.25, 0.3) is 0 Å². The summed E-state index contributed by atoms with van der Waals surface area (Å²) in [5.41, 5.74) is 6.54. The maximum atomic E-state index is 4.05. The quantitative estimate of drug-likeness (QED) is 0.817. The van der Waals surface area contributed by atoms with Crippen LogP contribution >= 0.6 is 0 Å². The second kappa shape index (κ2) is 4.81. The minimum atomic E-state index is 0.929. The Labute approximate surface area is 114 Å². The molecule has 0 atom stereocenters. The van der Waals surface area contributed by atoms with Crippen LogP contribution in [-0.2, 0) is 7.05 Å². The Bertz CT molecular complexity index is 687. The maximum Gasteiger partial charge on any atom is 0.0487 e. The number of benzene rings is 1. The molecular weight excluding hydrogens is 232 g/mol. The van der Waals surface area contributed by atoms with Crippen molar-refractivity contribution in [3.63, 3.8) is 0 Å². The predicted octanol–water partition coefficient (Wildman–Crippen LogP) is 3.88. The summed E-state index contributed by atoms with van der Waals surface area (Å²) >= 11 is 0. The lowest BCUT2D eigenvalue weighted by molar-refractivity contribution is 0.966. The normalized spacial score (nSPS) is 10.5. The van der Waals surface area contributed by atoms with Gasteiger partial charge in [-0.25, -0.2) is 0 Å². The van der Waals surface area contributed by atoms with Gasteiger partial charge in [-0.1, -0.05) is 25.8 Å². The van der Waals surface area contributed by atoms with Crippen molar-refractivity contribution in [3.05, 3.63) is 60.8 Å². The number of nitrogens with zero attached hydrogens (tertiary/aromatic N) is 1. The van der Waals surface area contributed by atoms with E-state index >= 15 is 0 Å². The Morgan fingerprint density at radius 3 is 2.53 bits per heavy atom. The molecule has 0 fully saturated rings. The van der Waals surface area contributed by atoms with E-state index in [1.165, 1.54) is 16.5 Å². The molecule has 0 aliphatic rings. The number of hydrogen-bond donors (Lipinski definition) is 1. The van der Waals surface area contributed by atoms with Crippen LogP contribution in [-0.4, -0.2) is 11.6 Å². The zero-order valence-electron chi connectivity index (χ0n) is 11.9. The fraction of sp³-hybridized carbons (Fsp3) is 0.176. The molecular formula is C17H20N2. The largest absolute Gasteiger partial charge is 0.388 e. The summed E-state index contributed by atoms with van der Waals surface area (Å²) in [6.45, 7) is 14.0. The fourth-order valence-electron chi connectivity index (χ4n) is 2.36. The third-order valence-electron chi connectivity index (χ3n) is 3.55. The van der Waals surface area contributed by atoms with Gasteiger partial charge in [-0.3, -0.25) is 0 Å². The highest BCUT2D eigenvalue weighted by Gasteiger charge is 2.11. The number of fused-ring (bicyclic) bond motifs is 1. The zero-order valence-corrected chi connectivity index (χ0v) is 11.9. The number of rotatable bonds is 4. The standard InChI is InChI=1S/C17H20N2/c1-7-11(2)16-10-19(6)17-8-12(3)14(9-15(16)17)13(4)18-5/h7-10,18H,1-2,4H2,3,5-6H3. The Morgan fingerprint density at radius 1 is 1.26 bits per heavy atom. The first-order valence-corrected chi connectivity index (χ1v) is 6.28. The maximum absolute atomic E-state index is 4.05. The second-order valence-electron chi connectivity index (χ2n) is 4.80. The van der Waals surface area contributed by atoms with E-state index in [1.54, 1.807) is 6.08 Å². The zero-order chi connectivity index (χ0) is 14.2. The van der Waals surface area contributed by atoms with Gasteiger partial charge in [-0.2, -0.15) is 0 Å². The first kappa shape index (κ1) is 13.2. The molecule has 98 valence electrons.